The van der Waals surface area contributed by atoms with E-state index in [2.05, 4.69) is 55.6 Å². The zero-order chi connectivity index (χ0) is 55.4. The van der Waals surface area contributed by atoms with Crippen LogP contribution in [0.25, 0.3) is 0 Å². The van der Waals surface area contributed by atoms with Crippen LogP contribution in [0.5, 0.6) is 0 Å². The fraction of sp³-hybridized carbons (Fsp3) is 0.892. The van der Waals surface area contributed by atoms with Crippen LogP contribution in [0, 0.1) is 0 Å². The molecule has 11 nitrogen and oxygen atoms in total. The zero-order valence-electron chi connectivity index (χ0n) is 49.2. The minimum atomic E-state index is -1.67. The van der Waals surface area contributed by atoms with Gasteiger partial charge in [0.1, 0.15) is 36.6 Å². The molecule has 8 N–H and O–H groups in total. The van der Waals surface area contributed by atoms with Crippen molar-refractivity contribution in [2.24, 2.45) is 0 Å². The highest BCUT2D eigenvalue weighted by atomic mass is 16.7. The maximum atomic E-state index is 13.2. The van der Waals surface area contributed by atoms with Crippen LogP contribution < -0.4 is 5.32 Å². The fourth-order valence-corrected chi connectivity index (χ4v) is 10.4. The first-order chi connectivity index (χ1) is 37.2. The van der Waals surface area contributed by atoms with Crippen LogP contribution >= 0.6 is 0 Å². The monoisotopic (exact) mass is 1080 g/mol. The van der Waals surface area contributed by atoms with E-state index in [1.165, 1.54) is 218 Å². The number of ether oxygens (including phenoxy) is 2. The molecule has 9 unspecified atom stereocenters. The summed E-state index contributed by atoms with van der Waals surface area (Å²) in [5.41, 5.74) is 0. The molecule has 0 radical (unpaired) electrons. The second-order valence-corrected chi connectivity index (χ2v) is 22.8. The van der Waals surface area contributed by atoms with E-state index >= 15 is 0 Å². The number of carbonyl (C=O) groups is 1. The first-order valence-electron chi connectivity index (χ1n) is 32.4. The van der Waals surface area contributed by atoms with Crippen molar-refractivity contribution in [1.29, 1.82) is 0 Å². The standard InChI is InChI=1S/C65H123NO10/c1-3-5-7-9-11-13-15-17-19-21-23-24-25-26-27-28-29-30-31-32-33-35-37-39-41-43-45-47-49-51-53-58(69)64(74)66-56(55-75-65-63(73)62(72)61(71)59(54-67)76-65)60(70)57(68)52-50-48-46-44-42-40-38-36-34-22-20-18-16-14-12-10-8-6-4-2/h23-24,26-27,44,46,56-63,65,67-73H,3-22,25,28-43,45,47-55H2,1-2H3,(H,66,74)/b24-23-,27-26-,46-44+. The lowest BCUT2D eigenvalue weighted by Crippen LogP contribution is -2.60. The number of hydrogen-bond donors (Lipinski definition) is 8. The highest BCUT2D eigenvalue weighted by molar-refractivity contribution is 5.80. The number of unbranched alkanes of at least 4 members (excludes halogenated alkanes) is 38. The third-order valence-corrected chi connectivity index (χ3v) is 15.7. The van der Waals surface area contributed by atoms with Gasteiger partial charge in [-0.15, -0.1) is 0 Å². The number of aliphatic hydroxyl groups excluding tert-OH is 7. The van der Waals surface area contributed by atoms with Crippen molar-refractivity contribution in [3.8, 4) is 0 Å². The summed E-state index contributed by atoms with van der Waals surface area (Å²) in [5.74, 6) is -0.703. The molecule has 0 saturated carbocycles. The second kappa shape index (κ2) is 53.9. The van der Waals surface area contributed by atoms with Crippen LogP contribution in [0.15, 0.2) is 36.5 Å². The van der Waals surface area contributed by atoms with Crippen LogP contribution in [0.2, 0.25) is 0 Å². The Bertz CT molecular complexity index is 1330. The summed E-state index contributed by atoms with van der Waals surface area (Å²) in [6.07, 6.45) is 56.4. The molecule has 11 heteroatoms. The number of nitrogens with one attached hydrogen (secondary N) is 1. The van der Waals surface area contributed by atoms with E-state index in [-0.39, 0.29) is 12.8 Å². The van der Waals surface area contributed by atoms with E-state index in [1.807, 2.05) is 0 Å². The maximum absolute atomic E-state index is 13.2. The van der Waals surface area contributed by atoms with Gasteiger partial charge in [-0.05, 0) is 70.6 Å². The van der Waals surface area contributed by atoms with Gasteiger partial charge in [-0.3, -0.25) is 4.79 Å². The van der Waals surface area contributed by atoms with E-state index in [0.29, 0.717) is 12.8 Å². The molecule has 1 rings (SSSR count). The van der Waals surface area contributed by atoms with Gasteiger partial charge >= 0.3 is 0 Å². The van der Waals surface area contributed by atoms with Crippen LogP contribution in [-0.2, 0) is 14.3 Å². The van der Waals surface area contributed by atoms with Crippen LogP contribution in [0.1, 0.15) is 303 Å². The molecule has 9 atom stereocenters. The SMILES string of the molecule is CCCCCCCCCCC/C=C\C/C=C\CCCCCCCCCCCCCCCCC(O)C(=O)NC(COC1OC(CO)C(O)C(O)C1O)C(O)C(O)CCC/C=C/CCCCCCCCCCCCCCCC. The van der Waals surface area contributed by atoms with Crippen molar-refractivity contribution in [3.05, 3.63) is 36.5 Å². The van der Waals surface area contributed by atoms with Gasteiger partial charge in [0.15, 0.2) is 6.29 Å². The molecule has 1 amide bonds. The van der Waals surface area contributed by atoms with Crippen molar-refractivity contribution >= 4 is 5.91 Å². The average Bonchev–Trinajstić information content (AvgIpc) is 3.42. The average molecular weight is 1080 g/mol. The molecule has 448 valence electrons. The molecule has 1 fully saturated rings. The molecule has 0 aliphatic carbocycles. The summed E-state index contributed by atoms with van der Waals surface area (Å²) in [6, 6.07) is -1.19. The van der Waals surface area contributed by atoms with Gasteiger partial charge in [0.05, 0.1) is 25.4 Å². The van der Waals surface area contributed by atoms with Gasteiger partial charge in [0.25, 0.3) is 0 Å². The van der Waals surface area contributed by atoms with E-state index < -0.39 is 74.2 Å². The highest BCUT2D eigenvalue weighted by Gasteiger charge is 2.44. The van der Waals surface area contributed by atoms with E-state index in [9.17, 15) is 40.5 Å². The van der Waals surface area contributed by atoms with E-state index in [0.717, 1.165) is 44.9 Å². The molecular formula is C65H123NO10. The van der Waals surface area contributed by atoms with Gasteiger partial charge in [0.2, 0.25) is 5.91 Å². The highest BCUT2D eigenvalue weighted by Crippen LogP contribution is 2.24. The van der Waals surface area contributed by atoms with Gasteiger partial charge in [0, 0.05) is 0 Å². The molecule has 1 saturated heterocycles. The molecule has 0 aromatic heterocycles. The fourth-order valence-electron chi connectivity index (χ4n) is 10.4. The third kappa shape index (κ3) is 41.4. The summed E-state index contributed by atoms with van der Waals surface area (Å²) >= 11 is 0. The normalized spacial score (nSPS) is 19.8. The minimum absolute atomic E-state index is 0.254. The lowest BCUT2D eigenvalue weighted by Gasteiger charge is -2.40. The zero-order valence-corrected chi connectivity index (χ0v) is 49.2. The Kier molecular flexibility index (Phi) is 51.3. The summed E-state index contributed by atoms with van der Waals surface area (Å²) in [6.45, 7) is 3.48. The topological polar surface area (TPSA) is 189 Å². The smallest absolute Gasteiger partial charge is 0.249 e. The quantitative estimate of drug-likeness (QED) is 0.0215. The summed E-state index contributed by atoms with van der Waals surface area (Å²) in [7, 11) is 0. The Labute approximate surface area is 467 Å². The second-order valence-electron chi connectivity index (χ2n) is 22.8. The number of allylic oxidation sites excluding steroid dienone is 6. The molecule has 0 aromatic rings. The number of rotatable bonds is 56. The number of hydrogen-bond acceptors (Lipinski definition) is 10. The minimum Gasteiger partial charge on any atom is -0.394 e. The Morgan fingerprint density at radius 3 is 1.21 bits per heavy atom. The molecule has 0 spiro atoms. The van der Waals surface area contributed by atoms with Crippen molar-refractivity contribution in [3.63, 3.8) is 0 Å². The van der Waals surface area contributed by atoms with E-state index in [1.54, 1.807) is 0 Å². The van der Waals surface area contributed by atoms with Gasteiger partial charge in [-0.1, -0.05) is 269 Å². The molecule has 1 aliphatic rings. The molecule has 0 bridgehead atoms. The van der Waals surface area contributed by atoms with Crippen LogP contribution in [0.4, 0.5) is 0 Å². The lowest BCUT2D eigenvalue weighted by molar-refractivity contribution is -0.303. The summed E-state index contributed by atoms with van der Waals surface area (Å²) in [5, 5.41) is 76.3. The summed E-state index contributed by atoms with van der Waals surface area (Å²) in [4.78, 5) is 13.2. The van der Waals surface area contributed by atoms with Crippen molar-refractivity contribution in [2.45, 2.75) is 358 Å². The largest absolute Gasteiger partial charge is 0.394 e. The Balaban J connectivity index is 2.24. The van der Waals surface area contributed by atoms with E-state index in [4.69, 9.17) is 9.47 Å². The van der Waals surface area contributed by atoms with Crippen molar-refractivity contribution in [1.82, 2.24) is 5.32 Å². The Morgan fingerprint density at radius 1 is 0.461 bits per heavy atom. The number of aliphatic hydroxyl groups is 7. The molecular weight excluding hydrogens is 955 g/mol. The first-order valence-corrected chi connectivity index (χ1v) is 32.4. The van der Waals surface area contributed by atoms with Crippen LogP contribution in [-0.4, -0.2) is 110 Å². The molecule has 76 heavy (non-hydrogen) atoms. The molecule has 1 aliphatic heterocycles. The van der Waals surface area contributed by atoms with Gasteiger partial charge < -0.3 is 50.5 Å². The molecule has 1 heterocycles. The lowest BCUT2D eigenvalue weighted by atomic mass is 9.98. The van der Waals surface area contributed by atoms with Crippen molar-refractivity contribution < 1.29 is 50.0 Å². The molecule has 0 aromatic carbocycles. The maximum Gasteiger partial charge on any atom is 0.249 e. The van der Waals surface area contributed by atoms with Crippen LogP contribution in [0.3, 0.4) is 0 Å². The van der Waals surface area contributed by atoms with Gasteiger partial charge in [-0.2, -0.15) is 0 Å². The predicted octanol–water partition coefficient (Wildman–Crippen LogP) is 14.6. The number of carbonyl (C=O) groups excluding carboxylic acids is 1. The third-order valence-electron chi connectivity index (χ3n) is 15.7. The Hall–Kier alpha value is -1.67. The predicted molar refractivity (Wildman–Crippen MR) is 316 cm³/mol. The Morgan fingerprint density at radius 2 is 0.816 bits per heavy atom. The number of amides is 1. The summed E-state index contributed by atoms with van der Waals surface area (Å²) < 4.78 is 11.2. The van der Waals surface area contributed by atoms with Crippen molar-refractivity contribution in [2.75, 3.05) is 13.2 Å². The van der Waals surface area contributed by atoms with Gasteiger partial charge in [-0.25, -0.2) is 0 Å². The first kappa shape index (κ1) is 72.3.